The summed E-state index contributed by atoms with van der Waals surface area (Å²) in [6.45, 7) is 5.06. The second kappa shape index (κ2) is 7.75. The minimum Gasteiger partial charge on any atom is -0.310 e. The molecule has 0 saturated carbocycles. The Labute approximate surface area is 145 Å². The van der Waals surface area contributed by atoms with E-state index in [9.17, 15) is 0 Å². The highest BCUT2D eigenvalue weighted by Gasteiger charge is 2.08. The van der Waals surface area contributed by atoms with Gasteiger partial charge >= 0.3 is 0 Å². The van der Waals surface area contributed by atoms with E-state index in [0.29, 0.717) is 16.1 Å². The number of rotatable bonds is 5. The van der Waals surface area contributed by atoms with Gasteiger partial charge in [-0.25, -0.2) is 0 Å². The van der Waals surface area contributed by atoms with Gasteiger partial charge in [0.1, 0.15) is 0 Å². The van der Waals surface area contributed by atoms with Crippen LogP contribution in [0.3, 0.4) is 0 Å². The summed E-state index contributed by atoms with van der Waals surface area (Å²) in [6.07, 6.45) is 0. The molecular formula is C16H16Cl3NS. The van der Waals surface area contributed by atoms with Crippen molar-refractivity contribution in [2.75, 3.05) is 0 Å². The van der Waals surface area contributed by atoms with E-state index in [1.807, 2.05) is 30.3 Å². The Bertz CT molecular complexity index is 629. The van der Waals surface area contributed by atoms with Gasteiger partial charge in [-0.15, -0.1) is 0 Å². The average Bonchev–Trinajstić information content (AvgIpc) is 2.42. The Morgan fingerprint density at radius 3 is 2.43 bits per heavy atom. The molecule has 1 N–H and O–H groups in total. The fourth-order valence-electron chi connectivity index (χ4n) is 1.75. The van der Waals surface area contributed by atoms with Crippen molar-refractivity contribution in [1.82, 2.24) is 5.32 Å². The van der Waals surface area contributed by atoms with Gasteiger partial charge in [-0.3, -0.25) is 0 Å². The maximum atomic E-state index is 6.12. The van der Waals surface area contributed by atoms with Crippen molar-refractivity contribution in [3.05, 3.63) is 57.0 Å². The molecule has 0 aromatic heterocycles. The molecule has 2 aromatic rings. The molecule has 0 spiro atoms. The number of nitrogens with one attached hydrogen (secondary N) is 1. The van der Waals surface area contributed by atoms with E-state index in [2.05, 4.69) is 25.2 Å². The molecular weight excluding hydrogens is 345 g/mol. The highest BCUT2D eigenvalue weighted by atomic mass is 35.5. The molecule has 0 aliphatic carbocycles. The Balaban J connectivity index is 2.24. The molecule has 1 nitrogen and oxygen atoms in total. The van der Waals surface area contributed by atoms with Crippen LogP contribution in [0.25, 0.3) is 0 Å². The fourth-order valence-corrected chi connectivity index (χ4v) is 3.37. The smallest absolute Gasteiger partial charge is 0.0603 e. The quantitative estimate of drug-likeness (QED) is 0.672. The van der Waals surface area contributed by atoms with Crippen molar-refractivity contribution in [1.29, 1.82) is 0 Å². The molecule has 0 radical (unpaired) electrons. The lowest BCUT2D eigenvalue weighted by Gasteiger charge is -2.13. The zero-order valence-corrected chi connectivity index (χ0v) is 14.9. The number of hydrogen-bond acceptors (Lipinski definition) is 2. The molecule has 0 aliphatic heterocycles. The van der Waals surface area contributed by atoms with Crippen LogP contribution in [0.5, 0.6) is 0 Å². The summed E-state index contributed by atoms with van der Waals surface area (Å²) in [7, 11) is 0. The first-order valence-electron chi connectivity index (χ1n) is 6.60. The Kier molecular flexibility index (Phi) is 6.27. The Hall–Kier alpha value is -0.380. The molecule has 0 bridgehead atoms. The van der Waals surface area contributed by atoms with E-state index in [4.69, 9.17) is 34.8 Å². The van der Waals surface area contributed by atoms with E-state index < -0.39 is 0 Å². The van der Waals surface area contributed by atoms with Crippen molar-refractivity contribution in [2.45, 2.75) is 36.2 Å². The summed E-state index contributed by atoms with van der Waals surface area (Å²) in [5.74, 6) is 0. The molecule has 2 rings (SSSR count). The largest absolute Gasteiger partial charge is 0.310 e. The second-order valence-electron chi connectivity index (χ2n) is 4.97. The average molecular weight is 361 g/mol. The van der Waals surface area contributed by atoms with Gasteiger partial charge in [-0.1, -0.05) is 66.5 Å². The van der Waals surface area contributed by atoms with Crippen LogP contribution in [-0.4, -0.2) is 6.04 Å². The van der Waals surface area contributed by atoms with Crippen molar-refractivity contribution in [2.24, 2.45) is 0 Å². The first-order chi connectivity index (χ1) is 9.95. The molecule has 0 atom stereocenters. The lowest BCUT2D eigenvalue weighted by atomic mass is 10.2. The van der Waals surface area contributed by atoms with Gasteiger partial charge in [0.05, 0.1) is 10.0 Å². The Morgan fingerprint density at radius 2 is 1.76 bits per heavy atom. The summed E-state index contributed by atoms with van der Waals surface area (Å²) in [5, 5.41) is 5.28. The third-order valence-corrected chi connectivity index (χ3v) is 4.91. The van der Waals surface area contributed by atoms with Gasteiger partial charge in [-0.2, -0.15) is 0 Å². The zero-order valence-electron chi connectivity index (χ0n) is 11.8. The molecule has 0 unspecified atom stereocenters. The molecule has 0 aliphatic rings. The van der Waals surface area contributed by atoms with Gasteiger partial charge in [0.15, 0.2) is 0 Å². The van der Waals surface area contributed by atoms with E-state index in [1.165, 1.54) is 5.56 Å². The summed E-state index contributed by atoms with van der Waals surface area (Å²) >= 11 is 19.8. The van der Waals surface area contributed by atoms with Crippen LogP contribution in [0.15, 0.2) is 46.2 Å². The molecule has 0 saturated heterocycles. The number of halogens is 3. The fraction of sp³-hybridized carbons (Fsp3) is 0.250. The third-order valence-electron chi connectivity index (χ3n) is 2.85. The van der Waals surface area contributed by atoms with E-state index in [0.717, 1.165) is 21.4 Å². The molecule has 5 heteroatoms. The first-order valence-corrected chi connectivity index (χ1v) is 8.55. The molecule has 112 valence electrons. The van der Waals surface area contributed by atoms with E-state index in [1.54, 1.807) is 11.8 Å². The predicted octanol–water partition coefficient (Wildman–Crippen LogP) is 6.30. The minimum absolute atomic E-state index is 0.434. The summed E-state index contributed by atoms with van der Waals surface area (Å²) in [4.78, 5) is 2.16. The van der Waals surface area contributed by atoms with Crippen molar-refractivity contribution in [3.8, 4) is 0 Å². The van der Waals surface area contributed by atoms with Gasteiger partial charge in [0.25, 0.3) is 0 Å². The van der Waals surface area contributed by atoms with Crippen LogP contribution in [0.2, 0.25) is 15.1 Å². The van der Waals surface area contributed by atoms with Crippen molar-refractivity contribution < 1.29 is 0 Å². The molecule has 2 aromatic carbocycles. The van der Waals surface area contributed by atoms with E-state index >= 15 is 0 Å². The normalized spacial score (nSPS) is 11.1. The SMILES string of the molecule is CC(C)NCc1ccc(Cl)cc1Sc1ccc(Cl)c(Cl)c1. The summed E-state index contributed by atoms with van der Waals surface area (Å²) < 4.78 is 0. The molecule has 21 heavy (non-hydrogen) atoms. The van der Waals surface area contributed by atoms with Crippen molar-refractivity contribution in [3.63, 3.8) is 0 Å². The monoisotopic (exact) mass is 359 g/mol. The van der Waals surface area contributed by atoms with Crippen LogP contribution in [0.4, 0.5) is 0 Å². The Morgan fingerprint density at radius 1 is 1.00 bits per heavy atom. The van der Waals surface area contributed by atoms with Gasteiger partial charge in [0, 0.05) is 27.4 Å². The van der Waals surface area contributed by atoms with Crippen LogP contribution < -0.4 is 5.32 Å². The van der Waals surface area contributed by atoms with Crippen LogP contribution in [0.1, 0.15) is 19.4 Å². The van der Waals surface area contributed by atoms with Crippen LogP contribution >= 0.6 is 46.6 Å². The summed E-state index contributed by atoms with van der Waals surface area (Å²) in [6, 6.07) is 12.0. The maximum Gasteiger partial charge on any atom is 0.0603 e. The number of benzene rings is 2. The third kappa shape index (κ3) is 5.08. The van der Waals surface area contributed by atoms with Gasteiger partial charge in [-0.05, 0) is 35.9 Å². The number of hydrogen-bond donors (Lipinski definition) is 1. The minimum atomic E-state index is 0.434. The first kappa shape index (κ1) is 17.0. The lowest BCUT2D eigenvalue weighted by Crippen LogP contribution is -2.22. The second-order valence-corrected chi connectivity index (χ2v) is 7.33. The van der Waals surface area contributed by atoms with E-state index in [-0.39, 0.29) is 0 Å². The molecule has 0 heterocycles. The van der Waals surface area contributed by atoms with Crippen LogP contribution in [-0.2, 0) is 6.54 Å². The molecule has 0 fully saturated rings. The standard InChI is InChI=1S/C16H16Cl3NS/c1-10(2)20-9-11-3-4-12(17)7-16(11)21-13-5-6-14(18)15(19)8-13/h3-8,10,20H,9H2,1-2H3. The topological polar surface area (TPSA) is 12.0 Å². The summed E-state index contributed by atoms with van der Waals surface area (Å²) in [5.41, 5.74) is 1.21. The van der Waals surface area contributed by atoms with Crippen LogP contribution in [0, 0.1) is 0 Å². The highest BCUT2D eigenvalue weighted by Crippen LogP contribution is 2.35. The predicted molar refractivity (Wildman–Crippen MR) is 94.0 cm³/mol. The maximum absolute atomic E-state index is 6.12. The lowest BCUT2D eigenvalue weighted by molar-refractivity contribution is 0.585. The molecule has 0 amide bonds. The van der Waals surface area contributed by atoms with Gasteiger partial charge in [0.2, 0.25) is 0 Å². The zero-order chi connectivity index (χ0) is 15.4. The highest BCUT2D eigenvalue weighted by molar-refractivity contribution is 7.99. The van der Waals surface area contributed by atoms with Crippen molar-refractivity contribution >= 4 is 46.6 Å². The van der Waals surface area contributed by atoms with Gasteiger partial charge < -0.3 is 5.32 Å².